The quantitative estimate of drug-likeness (QED) is 0.0808. The Morgan fingerprint density at radius 1 is 0.486 bits per heavy atom. The van der Waals surface area contributed by atoms with E-state index in [0.717, 1.165) is 38.5 Å². The maximum atomic E-state index is 12.5. The monoisotopic (exact) mass is 534 g/mol. The zero-order valence-corrected chi connectivity index (χ0v) is 24.8. The van der Waals surface area contributed by atoms with Gasteiger partial charge in [-0.05, 0) is 12.8 Å². The van der Waals surface area contributed by atoms with E-state index < -0.39 is 25.9 Å². The highest BCUT2D eigenvalue weighted by atomic mass is 32.1. The summed E-state index contributed by atoms with van der Waals surface area (Å²) in [7, 11) is -7.20. The summed E-state index contributed by atoms with van der Waals surface area (Å²) in [5, 5.41) is 0. The standard InChI is InChI=1S/C28H56O5P2/c1-3-5-7-9-11-13-15-17-19-21-23-25-27(29)34(35(31,32)33)28(30)26-24-22-20-18-16-14-12-10-8-6-4-2/h3-26H2,1-2H3,(H2,31,32,33). The van der Waals surface area contributed by atoms with Crippen LogP contribution in [-0.2, 0) is 14.2 Å². The normalized spacial score (nSPS) is 11.9. The van der Waals surface area contributed by atoms with E-state index in [-0.39, 0.29) is 12.8 Å². The van der Waals surface area contributed by atoms with Crippen LogP contribution in [0.15, 0.2) is 0 Å². The van der Waals surface area contributed by atoms with Crippen LogP contribution in [0.4, 0.5) is 0 Å². The van der Waals surface area contributed by atoms with Crippen LogP contribution in [0.25, 0.3) is 0 Å². The van der Waals surface area contributed by atoms with Gasteiger partial charge in [-0.1, -0.05) is 142 Å². The van der Waals surface area contributed by atoms with Gasteiger partial charge in [-0.3, -0.25) is 14.2 Å². The number of rotatable bonds is 27. The summed E-state index contributed by atoms with van der Waals surface area (Å²) >= 11 is 0. The van der Waals surface area contributed by atoms with Gasteiger partial charge in [-0.15, -0.1) is 0 Å². The molecule has 0 aliphatic heterocycles. The molecule has 7 heteroatoms. The summed E-state index contributed by atoms with van der Waals surface area (Å²) in [5.41, 5.74) is -1.00. The molecule has 0 aromatic rings. The molecule has 2 N–H and O–H groups in total. The Morgan fingerprint density at radius 2 is 0.714 bits per heavy atom. The highest BCUT2D eigenvalue weighted by Gasteiger charge is 2.40. The Morgan fingerprint density at radius 3 is 0.943 bits per heavy atom. The van der Waals surface area contributed by atoms with Gasteiger partial charge in [0.1, 0.15) is 0 Å². The molecule has 0 atom stereocenters. The predicted octanol–water partition coefficient (Wildman–Crippen LogP) is 10.0. The van der Waals surface area contributed by atoms with Gasteiger partial charge in [0.2, 0.25) is 0 Å². The van der Waals surface area contributed by atoms with Gasteiger partial charge in [0.25, 0.3) is 0 Å². The largest absolute Gasteiger partial charge is 0.359 e. The molecule has 0 aliphatic carbocycles. The first-order valence-corrected chi connectivity index (χ1v) is 18.4. The zero-order valence-electron chi connectivity index (χ0n) is 23.0. The maximum Gasteiger partial charge on any atom is 0.359 e. The summed E-state index contributed by atoms with van der Waals surface area (Å²) in [6.45, 7) is 4.45. The second-order valence-corrected chi connectivity index (χ2v) is 15.6. The van der Waals surface area contributed by atoms with E-state index in [1.165, 1.54) is 89.9 Å². The number of hydrogen-bond acceptors (Lipinski definition) is 3. The smallest absolute Gasteiger partial charge is 0.321 e. The number of carbonyl (C=O) groups excluding carboxylic acids is 2. The van der Waals surface area contributed by atoms with Gasteiger partial charge in [-0.2, -0.15) is 0 Å². The topological polar surface area (TPSA) is 91.7 Å². The highest BCUT2D eigenvalue weighted by molar-refractivity contribution is 8.41. The summed E-state index contributed by atoms with van der Waals surface area (Å²) in [6, 6.07) is 0. The van der Waals surface area contributed by atoms with E-state index in [1.54, 1.807) is 0 Å². The van der Waals surface area contributed by atoms with Gasteiger partial charge >= 0.3 is 7.28 Å². The SMILES string of the molecule is CCCCCCCCCCCCCC(=O)P(C(=O)CCCCCCCCCCCCC)P(=O)(O)O. The molecular formula is C28H56O5P2. The highest BCUT2D eigenvalue weighted by Crippen LogP contribution is 2.72. The van der Waals surface area contributed by atoms with Crippen molar-refractivity contribution in [3.8, 4) is 0 Å². The van der Waals surface area contributed by atoms with Crippen molar-refractivity contribution in [3.63, 3.8) is 0 Å². The van der Waals surface area contributed by atoms with E-state index in [4.69, 9.17) is 0 Å². The Hall–Kier alpha value is -0.0800. The van der Waals surface area contributed by atoms with Crippen LogP contribution in [0.2, 0.25) is 0 Å². The first-order valence-electron chi connectivity index (χ1n) is 14.8. The van der Waals surface area contributed by atoms with Crippen LogP contribution in [0, 0.1) is 0 Å². The van der Waals surface area contributed by atoms with Crippen molar-refractivity contribution >= 4 is 25.9 Å². The van der Waals surface area contributed by atoms with E-state index in [9.17, 15) is 23.9 Å². The molecule has 0 radical (unpaired) electrons. The molecule has 0 amide bonds. The van der Waals surface area contributed by atoms with Gasteiger partial charge in [0, 0.05) is 12.8 Å². The summed E-state index contributed by atoms with van der Waals surface area (Å²) in [4.78, 5) is 44.4. The van der Waals surface area contributed by atoms with Gasteiger partial charge in [0.05, 0.1) is 0 Å². The van der Waals surface area contributed by atoms with E-state index >= 15 is 0 Å². The average Bonchev–Trinajstić information content (AvgIpc) is 2.80. The molecule has 35 heavy (non-hydrogen) atoms. The molecule has 0 heterocycles. The van der Waals surface area contributed by atoms with E-state index in [0.29, 0.717) is 12.8 Å². The summed E-state index contributed by atoms with van der Waals surface area (Å²) in [5.74, 6) is 0. The van der Waals surface area contributed by atoms with Gasteiger partial charge in [-0.25, -0.2) is 0 Å². The Labute approximate surface area is 217 Å². The number of hydrogen-bond donors (Lipinski definition) is 2. The lowest BCUT2D eigenvalue weighted by atomic mass is 10.1. The van der Waals surface area contributed by atoms with Crippen LogP contribution in [0.1, 0.15) is 168 Å². The predicted molar refractivity (Wildman–Crippen MR) is 151 cm³/mol. The molecule has 5 nitrogen and oxygen atoms in total. The van der Waals surface area contributed by atoms with Gasteiger partial charge < -0.3 is 9.79 Å². The average molecular weight is 535 g/mol. The minimum absolute atomic E-state index is 0.123. The molecule has 0 fully saturated rings. The minimum atomic E-state index is -4.69. The molecule has 0 aliphatic rings. The van der Waals surface area contributed by atoms with Crippen molar-refractivity contribution in [2.24, 2.45) is 0 Å². The lowest BCUT2D eigenvalue weighted by molar-refractivity contribution is -0.114. The second kappa shape index (κ2) is 24.3. The number of carbonyl (C=O) groups is 2. The van der Waals surface area contributed by atoms with E-state index in [1.807, 2.05) is 0 Å². The first kappa shape index (κ1) is 34.9. The fourth-order valence-electron chi connectivity index (χ4n) is 4.52. The summed E-state index contributed by atoms with van der Waals surface area (Å²) in [6.07, 6.45) is 25.7. The third-order valence-corrected chi connectivity index (χ3v) is 11.5. The molecule has 0 saturated heterocycles. The molecular weight excluding hydrogens is 478 g/mol. The molecule has 0 rings (SSSR count). The van der Waals surface area contributed by atoms with Crippen LogP contribution >= 0.6 is 14.9 Å². The summed E-state index contributed by atoms with van der Waals surface area (Å²) < 4.78 is 11.9. The van der Waals surface area contributed by atoms with E-state index in [2.05, 4.69) is 13.8 Å². The van der Waals surface area contributed by atoms with Gasteiger partial charge in [0.15, 0.2) is 18.7 Å². The molecule has 208 valence electrons. The first-order chi connectivity index (χ1) is 16.8. The Bertz CT molecular complexity index is 524. The van der Waals surface area contributed by atoms with Crippen molar-refractivity contribution < 1.29 is 23.9 Å². The third kappa shape index (κ3) is 21.7. The van der Waals surface area contributed by atoms with Crippen molar-refractivity contribution in [1.29, 1.82) is 0 Å². The Kier molecular flexibility index (Phi) is 24.2. The van der Waals surface area contributed by atoms with Crippen molar-refractivity contribution in [2.75, 3.05) is 0 Å². The second-order valence-electron chi connectivity index (χ2n) is 10.2. The minimum Gasteiger partial charge on any atom is -0.321 e. The van der Waals surface area contributed by atoms with Crippen molar-refractivity contribution in [2.45, 2.75) is 168 Å². The molecule has 0 aromatic heterocycles. The van der Waals surface area contributed by atoms with Crippen LogP contribution in [0.5, 0.6) is 0 Å². The fraction of sp³-hybridized carbons (Fsp3) is 0.929. The third-order valence-electron chi connectivity index (χ3n) is 6.72. The van der Waals surface area contributed by atoms with Crippen LogP contribution < -0.4 is 0 Å². The fourth-order valence-corrected chi connectivity index (χ4v) is 8.47. The van der Waals surface area contributed by atoms with Crippen molar-refractivity contribution in [1.82, 2.24) is 0 Å². The van der Waals surface area contributed by atoms with Crippen LogP contribution in [-0.4, -0.2) is 20.8 Å². The molecule has 0 aromatic carbocycles. The molecule has 0 saturated carbocycles. The molecule has 0 spiro atoms. The molecule has 0 bridgehead atoms. The zero-order chi connectivity index (χ0) is 26.2. The molecule has 0 unspecified atom stereocenters. The lowest BCUT2D eigenvalue weighted by Crippen LogP contribution is -2.06. The number of unbranched alkanes of at least 4 members (excludes halogenated alkanes) is 20. The van der Waals surface area contributed by atoms with Crippen LogP contribution in [0.3, 0.4) is 0 Å². The van der Waals surface area contributed by atoms with Crippen molar-refractivity contribution in [3.05, 3.63) is 0 Å². The maximum absolute atomic E-state index is 12.5. The Balaban J connectivity index is 3.95. The lowest BCUT2D eigenvalue weighted by Gasteiger charge is -2.16.